The summed E-state index contributed by atoms with van der Waals surface area (Å²) < 4.78 is 10.4. The van der Waals surface area contributed by atoms with E-state index in [2.05, 4.69) is 15.5 Å². The lowest BCUT2D eigenvalue weighted by Crippen LogP contribution is -2.35. The molecular formula is C19H22N4O4. The van der Waals surface area contributed by atoms with Gasteiger partial charge in [0, 0.05) is 24.3 Å². The highest BCUT2D eigenvalue weighted by Crippen LogP contribution is 2.19. The first-order chi connectivity index (χ1) is 12.9. The second kappa shape index (κ2) is 9.59. The molecule has 2 rings (SSSR count). The first kappa shape index (κ1) is 20.3. The summed E-state index contributed by atoms with van der Waals surface area (Å²) in [6.07, 6.45) is 0.724. The van der Waals surface area contributed by atoms with Gasteiger partial charge in [0.1, 0.15) is 0 Å². The van der Waals surface area contributed by atoms with Crippen LogP contribution in [0.3, 0.4) is 0 Å². The first-order valence-corrected chi connectivity index (χ1v) is 8.66. The minimum absolute atomic E-state index is 0.119. The largest absolute Gasteiger partial charge is 0.379 e. The van der Waals surface area contributed by atoms with Crippen LogP contribution in [0.4, 0.5) is 0 Å². The number of hydrogen-bond donors (Lipinski definition) is 1. The zero-order valence-electron chi connectivity index (χ0n) is 15.6. The van der Waals surface area contributed by atoms with Crippen molar-refractivity contribution in [3.05, 3.63) is 35.7 Å². The normalized spacial score (nSPS) is 11.8. The lowest BCUT2D eigenvalue weighted by atomic mass is 9.97. The van der Waals surface area contributed by atoms with Crippen LogP contribution in [0.2, 0.25) is 0 Å². The maximum absolute atomic E-state index is 12.5. The Morgan fingerprint density at radius 2 is 2.00 bits per heavy atom. The molecule has 142 valence electrons. The molecule has 0 saturated carbocycles. The smallest absolute Gasteiger partial charge is 0.257 e. The van der Waals surface area contributed by atoms with Crippen LogP contribution >= 0.6 is 0 Å². The lowest BCUT2D eigenvalue weighted by Gasteiger charge is -2.11. The molecule has 0 saturated heterocycles. The first-order valence-electron chi connectivity index (χ1n) is 8.66. The van der Waals surface area contributed by atoms with Gasteiger partial charge in [0.15, 0.2) is 17.5 Å². The van der Waals surface area contributed by atoms with Gasteiger partial charge in [0.05, 0.1) is 12.2 Å². The lowest BCUT2D eigenvalue weighted by molar-refractivity contribution is -0.122. The van der Waals surface area contributed by atoms with Crippen molar-refractivity contribution in [3.63, 3.8) is 0 Å². The van der Waals surface area contributed by atoms with Crippen LogP contribution in [0.1, 0.15) is 36.5 Å². The molecule has 0 aliphatic heterocycles. The monoisotopic (exact) mass is 370 g/mol. The van der Waals surface area contributed by atoms with Crippen LogP contribution in [-0.2, 0) is 9.53 Å². The zero-order valence-corrected chi connectivity index (χ0v) is 15.6. The maximum Gasteiger partial charge on any atom is 0.257 e. The molecule has 8 heteroatoms. The van der Waals surface area contributed by atoms with Gasteiger partial charge in [-0.2, -0.15) is 10.2 Å². The van der Waals surface area contributed by atoms with Crippen molar-refractivity contribution >= 4 is 11.7 Å². The topological polar surface area (TPSA) is 118 Å². The van der Waals surface area contributed by atoms with E-state index in [1.165, 1.54) is 12.1 Å². The fraction of sp³-hybridized carbons (Fsp3) is 0.421. The Labute approximate surface area is 157 Å². The molecule has 8 nitrogen and oxygen atoms in total. The molecule has 0 spiro atoms. The molecule has 2 aromatic rings. The minimum Gasteiger partial charge on any atom is -0.379 e. The Hall–Kier alpha value is -3.05. The number of nitrogens with zero attached hydrogens (tertiary/aromatic N) is 3. The number of rotatable bonds is 9. The molecule has 0 radical (unpaired) electrons. The van der Waals surface area contributed by atoms with Crippen molar-refractivity contribution in [1.82, 2.24) is 15.5 Å². The molecule has 1 aromatic heterocycles. The number of carbonyl (C=O) groups excluding carboxylic acids is 2. The number of nitrogens with one attached hydrogen (secondary N) is 1. The molecular weight excluding hydrogens is 348 g/mol. The van der Waals surface area contributed by atoms with E-state index in [0.717, 1.165) is 0 Å². The minimum atomic E-state index is -1.40. The van der Waals surface area contributed by atoms with Crippen molar-refractivity contribution in [2.75, 3.05) is 13.2 Å². The summed E-state index contributed by atoms with van der Waals surface area (Å²) in [7, 11) is 0. The van der Waals surface area contributed by atoms with Crippen LogP contribution in [-0.4, -0.2) is 41.1 Å². The summed E-state index contributed by atoms with van der Waals surface area (Å²) in [6, 6.07) is 8.11. The fourth-order valence-electron chi connectivity index (χ4n) is 2.30. The van der Waals surface area contributed by atoms with Crippen molar-refractivity contribution in [2.24, 2.45) is 5.92 Å². The quantitative estimate of drug-likeness (QED) is 0.409. The number of Topliss-reactive ketones (excluding diaryl/α,β-unsaturated/α-hetero) is 1. The Bertz CT molecular complexity index is 821. The number of benzene rings is 1. The van der Waals surface area contributed by atoms with Crippen LogP contribution < -0.4 is 5.32 Å². The predicted octanol–water partition coefficient (Wildman–Crippen LogP) is 2.30. The van der Waals surface area contributed by atoms with E-state index in [0.29, 0.717) is 36.9 Å². The fourth-order valence-corrected chi connectivity index (χ4v) is 2.30. The third-order valence-corrected chi connectivity index (χ3v) is 3.67. The highest BCUT2D eigenvalue weighted by Gasteiger charge is 2.27. The molecule has 0 aliphatic rings. The number of hydrogen-bond acceptors (Lipinski definition) is 7. The van der Waals surface area contributed by atoms with E-state index in [1.807, 2.05) is 13.8 Å². The Balaban J connectivity index is 1.95. The molecule has 1 atom stereocenters. The van der Waals surface area contributed by atoms with Gasteiger partial charge in [-0.05, 0) is 39.3 Å². The Morgan fingerprint density at radius 3 is 2.56 bits per heavy atom. The summed E-state index contributed by atoms with van der Waals surface area (Å²) in [5.74, 6) is -1.72. The molecule has 0 aliphatic carbocycles. The van der Waals surface area contributed by atoms with Gasteiger partial charge in [-0.3, -0.25) is 9.59 Å². The number of nitriles is 1. The Morgan fingerprint density at radius 1 is 1.30 bits per heavy atom. The zero-order chi connectivity index (χ0) is 19.8. The molecule has 1 aromatic carbocycles. The molecule has 1 N–H and O–H groups in total. The SMILES string of the molecule is Cc1noc(-c2ccc(C(=O)C(C#N)C(=O)NCCCOC(C)C)cc2)n1. The third-order valence-electron chi connectivity index (χ3n) is 3.67. The number of amides is 1. The van der Waals surface area contributed by atoms with Gasteiger partial charge in [-0.15, -0.1) is 0 Å². The average Bonchev–Trinajstić information content (AvgIpc) is 3.08. The van der Waals surface area contributed by atoms with E-state index >= 15 is 0 Å². The Kier molecular flexibility index (Phi) is 7.20. The molecule has 0 fully saturated rings. The van der Waals surface area contributed by atoms with E-state index < -0.39 is 17.6 Å². The second-order valence-electron chi connectivity index (χ2n) is 6.21. The molecule has 1 amide bonds. The van der Waals surface area contributed by atoms with Crippen LogP contribution in [0.15, 0.2) is 28.8 Å². The third kappa shape index (κ3) is 5.72. The van der Waals surface area contributed by atoms with Gasteiger partial charge in [-0.1, -0.05) is 17.3 Å². The highest BCUT2D eigenvalue weighted by atomic mass is 16.5. The number of carbonyl (C=O) groups is 2. The molecule has 1 heterocycles. The molecule has 1 unspecified atom stereocenters. The average molecular weight is 370 g/mol. The van der Waals surface area contributed by atoms with Gasteiger partial charge in [-0.25, -0.2) is 0 Å². The summed E-state index contributed by atoms with van der Waals surface area (Å²) in [5, 5.41) is 15.6. The highest BCUT2D eigenvalue weighted by molar-refractivity contribution is 6.12. The number of ketones is 1. The van der Waals surface area contributed by atoms with Crippen LogP contribution in [0.25, 0.3) is 11.5 Å². The standard InChI is InChI=1S/C19H22N4O4/c1-12(2)26-10-4-9-21-18(25)16(11-20)17(24)14-5-7-15(8-6-14)19-22-13(3)23-27-19/h5-8,12,16H,4,9-10H2,1-3H3,(H,21,25). The van der Waals surface area contributed by atoms with Gasteiger partial charge in [0.2, 0.25) is 5.91 Å². The number of ether oxygens (including phenoxy) is 1. The van der Waals surface area contributed by atoms with Crippen molar-refractivity contribution in [2.45, 2.75) is 33.3 Å². The van der Waals surface area contributed by atoms with Gasteiger partial charge < -0.3 is 14.6 Å². The maximum atomic E-state index is 12.5. The van der Waals surface area contributed by atoms with Crippen LogP contribution in [0, 0.1) is 24.2 Å². The summed E-state index contributed by atoms with van der Waals surface area (Å²) in [4.78, 5) is 28.7. The van der Waals surface area contributed by atoms with Crippen molar-refractivity contribution in [3.8, 4) is 17.5 Å². The van der Waals surface area contributed by atoms with E-state index in [-0.39, 0.29) is 11.7 Å². The van der Waals surface area contributed by atoms with Crippen molar-refractivity contribution in [1.29, 1.82) is 5.26 Å². The van der Waals surface area contributed by atoms with Gasteiger partial charge >= 0.3 is 0 Å². The second-order valence-corrected chi connectivity index (χ2v) is 6.21. The van der Waals surface area contributed by atoms with E-state index in [9.17, 15) is 14.9 Å². The summed E-state index contributed by atoms with van der Waals surface area (Å²) in [5.41, 5.74) is 0.912. The van der Waals surface area contributed by atoms with Crippen molar-refractivity contribution < 1.29 is 18.8 Å². The molecule has 0 bridgehead atoms. The predicted molar refractivity (Wildman–Crippen MR) is 96.6 cm³/mol. The van der Waals surface area contributed by atoms with E-state index in [4.69, 9.17) is 9.26 Å². The molecule has 27 heavy (non-hydrogen) atoms. The van der Waals surface area contributed by atoms with E-state index in [1.54, 1.807) is 25.1 Å². The number of aromatic nitrogens is 2. The van der Waals surface area contributed by atoms with Crippen LogP contribution in [0.5, 0.6) is 0 Å². The number of aryl methyl sites for hydroxylation is 1. The summed E-state index contributed by atoms with van der Waals surface area (Å²) >= 11 is 0. The van der Waals surface area contributed by atoms with Gasteiger partial charge in [0.25, 0.3) is 5.89 Å². The summed E-state index contributed by atoms with van der Waals surface area (Å²) in [6.45, 7) is 6.39.